The molecule has 1 aromatic heterocycles. The van der Waals surface area contributed by atoms with E-state index in [0.29, 0.717) is 40.1 Å². The number of hydrogen-bond acceptors (Lipinski definition) is 4. The van der Waals surface area contributed by atoms with Gasteiger partial charge in [-0.3, -0.25) is 9.78 Å². The SMILES string of the molecule is Cc1cc(C(=O)Nc2cccc(S(=O)(=O)/N=C3\CCCN3C)c2)c2ccc(F)cc2n1. The number of halogens is 1. The fourth-order valence-electron chi connectivity index (χ4n) is 3.56. The van der Waals surface area contributed by atoms with Crippen LogP contribution >= 0.6 is 0 Å². The van der Waals surface area contributed by atoms with Crippen LogP contribution in [0.3, 0.4) is 0 Å². The molecular weight excluding hydrogens is 419 g/mol. The van der Waals surface area contributed by atoms with Crippen LogP contribution < -0.4 is 5.32 Å². The van der Waals surface area contributed by atoms with E-state index in [1.165, 1.54) is 30.3 Å². The van der Waals surface area contributed by atoms with Crippen LogP contribution in [0.2, 0.25) is 0 Å². The summed E-state index contributed by atoms with van der Waals surface area (Å²) in [6.07, 6.45) is 1.48. The number of sulfonamides is 1. The molecule has 1 amide bonds. The molecule has 0 saturated carbocycles. The molecule has 31 heavy (non-hydrogen) atoms. The van der Waals surface area contributed by atoms with Crippen LogP contribution in [0.5, 0.6) is 0 Å². The summed E-state index contributed by atoms with van der Waals surface area (Å²) in [6.45, 7) is 2.49. The van der Waals surface area contributed by atoms with Gasteiger partial charge in [0.2, 0.25) is 0 Å². The number of amidine groups is 1. The summed E-state index contributed by atoms with van der Waals surface area (Å²) < 4.78 is 43.0. The maximum Gasteiger partial charge on any atom is 0.284 e. The van der Waals surface area contributed by atoms with Crippen molar-refractivity contribution < 1.29 is 17.6 Å². The molecule has 2 heterocycles. The number of fused-ring (bicyclic) bond motifs is 1. The van der Waals surface area contributed by atoms with Crippen LogP contribution in [0.4, 0.5) is 10.1 Å². The van der Waals surface area contributed by atoms with Crippen molar-refractivity contribution in [2.45, 2.75) is 24.7 Å². The average Bonchev–Trinajstić information content (AvgIpc) is 3.11. The zero-order chi connectivity index (χ0) is 22.2. The van der Waals surface area contributed by atoms with Gasteiger partial charge in [-0.05, 0) is 49.7 Å². The van der Waals surface area contributed by atoms with E-state index in [0.717, 1.165) is 13.0 Å². The molecule has 7 nitrogen and oxygen atoms in total. The fourth-order valence-corrected chi connectivity index (χ4v) is 4.70. The Balaban J connectivity index is 1.64. The molecule has 4 rings (SSSR count). The number of benzene rings is 2. The number of aromatic nitrogens is 1. The monoisotopic (exact) mass is 440 g/mol. The number of rotatable bonds is 4. The number of carbonyl (C=O) groups is 1. The van der Waals surface area contributed by atoms with Gasteiger partial charge in [0, 0.05) is 42.8 Å². The minimum absolute atomic E-state index is 0.00376. The number of nitrogens with zero attached hydrogens (tertiary/aromatic N) is 3. The average molecular weight is 441 g/mol. The number of nitrogens with one attached hydrogen (secondary N) is 1. The molecule has 0 spiro atoms. The molecule has 9 heteroatoms. The van der Waals surface area contributed by atoms with Crippen LogP contribution in [0.15, 0.2) is 57.8 Å². The quantitative estimate of drug-likeness (QED) is 0.667. The Kier molecular flexibility index (Phi) is 5.45. The van der Waals surface area contributed by atoms with Crippen LogP contribution in [0, 0.1) is 12.7 Å². The predicted molar refractivity (Wildman–Crippen MR) is 117 cm³/mol. The normalized spacial score (nSPS) is 15.6. The molecule has 3 aromatic rings. The van der Waals surface area contributed by atoms with Crippen LogP contribution in [0.25, 0.3) is 10.9 Å². The summed E-state index contributed by atoms with van der Waals surface area (Å²) in [5.41, 5.74) is 1.58. The van der Waals surface area contributed by atoms with Crippen LogP contribution in [-0.2, 0) is 10.0 Å². The second-order valence-electron chi connectivity index (χ2n) is 7.46. The Hall–Kier alpha value is -3.33. The zero-order valence-electron chi connectivity index (χ0n) is 17.1. The number of aryl methyl sites for hydroxylation is 1. The Bertz CT molecular complexity index is 1320. The molecule has 1 aliphatic rings. The largest absolute Gasteiger partial charge is 0.362 e. The third-order valence-electron chi connectivity index (χ3n) is 5.09. The Morgan fingerprint density at radius 3 is 2.74 bits per heavy atom. The molecule has 2 aromatic carbocycles. The summed E-state index contributed by atoms with van der Waals surface area (Å²) in [4.78, 5) is 19.0. The first-order valence-electron chi connectivity index (χ1n) is 9.76. The predicted octanol–water partition coefficient (Wildman–Crippen LogP) is 3.75. The maximum absolute atomic E-state index is 13.6. The van der Waals surface area contributed by atoms with Crippen LogP contribution in [0.1, 0.15) is 28.9 Å². The second kappa shape index (κ2) is 8.07. The van der Waals surface area contributed by atoms with Gasteiger partial charge in [-0.25, -0.2) is 4.39 Å². The van der Waals surface area contributed by atoms with E-state index >= 15 is 0 Å². The second-order valence-corrected chi connectivity index (χ2v) is 9.07. The van der Waals surface area contributed by atoms with Crippen molar-refractivity contribution >= 4 is 38.4 Å². The van der Waals surface area contributed by atoms with E-state index in [9.17, 15) is 17.6 Å². The molecule has 1 N–H and O–H groups in total. The summed E-state index contributed by atoms with van der Waals surface area (Å²) in [6, 6.07) is 11.6. The minimum Gasteiger partial charge on any atom is -0.362 e. The first-order valence-corrected chi connectivity index (χ1v) is 11.2. The van der Waals surface area contributed by atoms with E-state index in [2.05, 4.69) is 14.7 Å². The number of anilines is 1. The summed E-state index contributed by atoms with van der Waals surface area (Å²) in [5, 5.41) is 3.23. The number of pyridine rings is 1. The van der Waals surface area contributed by atoms with Gasteiger partial charge in [0.15, 0.2) is 0 Å². The maximum atomic E-state index is 13.6. The lowest BCUT2D eigenvalue weighted by molar-refractivity contribution is 0.102. The Labute approximate surface area is 179 Å². The third-order valence-corrected chi connectivity index (χ3v) is 6.40. The van der Waals surface area contributed by atoms with E-state index in [-0.39, 0.29) is 4.90 Å². The molecule has 1 aliphatic heterocycles. The number of carbonyl (C=O) groups excluding carboxylic acids is 1. The van der Waals surface area contributed by atoms with Gasteiger partial charge in [0.25, 0.3) is 15.9 Å². The van der Waals surface area contributed by atoms with E-state index in [4.69, 9.17) is 0 Å². The Morgan fingerprint density at radius 2 is 2.00 bits per heavy atom. The first kappa shape index (κ1) is 20.9. The van der Waals surface area contributed by atoms with Crippen molar-refractivity contribution in [3.05, 3.63) is 65.6 Å². The van der Waals surface area contributed by atoms with Gasteiger partial charge in [-0.1, -0.05) is 6.07 Å². The smallest absolute Gasteiger partial charge is 0.284 e. The summed E-state index contributed by atoms with van der Waals surface area (Å²) in [5.74, 6) is -0.358. The van der Waals surface area contributed by atoms with Gasteiger partial charge in [-0.2, -0.15) is 8.42 Å². The van der Waals surface area contributed by atoms with Gasteiger partial charge in [0.1, 0.15) is 11.7 Å². The first-order chi connectivity index (χ1) is 14.7. The van der Waals surface area contributed by atoms with Crippen molar-refractivity contribution in [1.29, 1.82) is 0 Å². The van der Waals surface area contributed by atoms with Gasteiger partial charge >= 0.3 is 0 Å². The topological polar surface area (TPSA) is 91.7 Å². The third kappa shape index (κ3) is 4.41. The lowest BCUT2D eigenvalue weighted by atomic mass is 10.1. The molecule has 160 valence electrons. The van der Waals surface area contributed by atoms with Gasteiger partial charge < -0.3 is 10.2 Å². The van der Waals surface area contributed by atoms with Crippen molar-refractivity contribution in [2.75, 3.05) is 18.9 Å². The van der Waals surface area contributed by atoms with Gasteiger partial charge in [0.05, 0.1) is 16.0 Å². The lowest BCUT2D eigenvalue weighted by Crippen LogP contribution is -2.20. The molecular formula is C22H21FN4O3S. The molecule has 0 aliphatic carbocycles. The number of hydrogen-bond donors (Lipinski definition) is 1. The van der Waals surface area contributed by atoms with Gasteiger partial charge in [-0.15, -0.1) is 4.40 Å². The number of amides is 1. The highest BCUT2D eigenvalue weighted by atomic mass is 32.2. The molecule has 0 radical (unpaired) electrons. The van der Waals surface area contributed by atoms with E-state index in [1.54, 1.807) is 25.1 Å². The van der Waals surface area contributed by atoms with Crippen molar-refractivity contribution in [3.8, 4) is 0 Å². The fraction of sp³-hybridized carbons (Fsp3) is 0.227. The van der Waals surface area contributed by atoms with E-state index < -0.39 is 21.7 Å². The molecule has 0 unspecified atom stereocenters. The van der Waals surface area contributed by atoms with Crippen LogP contribution in [-0.4, -0.2) is 43.6 Å². The molecule has 1 fully saturated rings. The molecule has 0 bridgehead atoms. The lowest BCUT2D eigenvalue weighted by Gasteiger charge is -2.12. The van der Waals surface area contributed by atoms with Crippen molar-refractivity contribution in [1.82, 2.24) is 9.88 Å². The highest BCUT2D eigenvalue weighted by molar-refractivity contribution is 7.90. The Morgan fingerprint density at radius 1 is 1.19 bits per heavy atom. The number of likely N-dealkylation sites (tertiary alicyclic amines) is 1. The standard InChI is InChI=1S/C22H21FN4O3S/c1-14-11-19(18-9-8-15(23)12-20(18)24-14)22(28)25-16-5-3-6-17(13-16)31(29,30)26-21-7-4-10-27(21)2/h3,5-6,8-9,11-13H,4,7,10H2,1-2H3,(H,25,28)/b26-21+. The summed E-state index contributed by atoms with van der Waals surface area (Å²) in [7, 11) is -2.09. The van der Waals surface area contributed by atoms with Crippen molar-refractivity contribution in [3.63, 3.8) is 0 Å². The zero-order valence-corrected chi connectivity index (χ0v) is 17.9. The highest BCUT2D eigenvalue weighted by Crippen LogP contribution is 2.23. The molecule has 0 atom stereocenters. The minimum atomic E-state index is -3.90. The van der Waals surface area contributed by atoms with Crippen molar-refractivity contribution in [2.24, 2.45) is 4.40 Å². The van der Waals surface area contributed by atoms with E-state index in [1.807, 2.05) is 11.9 Å². The summed E-state index contributed by atoms with van der Waals surface area (Å²) >= 11 is 0. The highest BCUT2D eigenvalue weighted by Gasteiger charge is 2.21. The molecule has 1 saturated heterocycles.